The second-order valence-corrected chi connectivity index (χ2v) is 2.98. The van der Waals surface area contributed by atoms with Crippen molar-refractivity contribution in [3.8, 4) is 0 Å². The van der Waals surface area contributed by atoms with Crippen LogP contribution >= 0.6 is 23.2 Å². The van der Waals surface area contributed by atoms with Crippen LogP contribution in [-0.2, 0) is 14.4 Å². The summed E-state index contributed by atoms with van der Waals surface area (Å²) in [4.78, 5) is 25.8. The van der Waals surface area contributed by atoms with E-state index in [0.29, 0.717) is 0 Å². The van der Waals surface area contributed by atoms with Crippen LogP contribution in [0.2, 0.25) is 0 Å². The second-order valence-electron chi connectivity index (χ2n) is 2.30. The molecule has 0 saturated carbocycles. The van der Waals surface area contributed by atoms with Gasteiger partial charge in [-0.25, -0.2) is 4.79 Å². The molecule has 0 radical (unpaired) electrons. The molecular formula is C8H5Cl2NO3. The lowest BCUT2D eigenvalue weighted by Crippen LogP contribution is -2.07. The van der Waals surface area contributed by atoms with Gasteiger partial charge < -0.3 is 4.84 Å². The predicted octanol–water partition coefficient (Wildman–Crippen LogP) is 1.39. The molecule has 6 heteroatoms. The highest BCUT2D eigenvalue weighted by molar-refractivity contribution is 6.48. The fourth-order valence-corrected chi connectivity index (χ4v) is 0.940. The SMILES string of the molecule is O=C1C=C/C(=N\OC(=O)CCl)C(Cl)=C1. The third kappa shape index (κ3) is 2.97. The van der Waals surface area contributed by atoms with Crippen LogP contribution in [0.5, 0.6) is 0 Å². The number of carbonyl (C=O) groups is 2. The van der Waals surface area contributed by atoms with Gasteiger partial charge in [-0.05, 0) is 12.2 Å². The Kier molecular flexibility index (Phi) is 3.85. The van der Waals surface area contributed by atoms with Gasteiger partial charge in [-0.3, -0.25) is 4.79 Å². The molecule has 0 fully saturated rings. The maximum atomic E-state index is 10.8. The Labute approximate surface area is 89.8 Å². The Morgan fingerprint density at radius 3 is 2.79 bits per heavy atom. The van der Waals surface area contributed by atoms with Crippen LogP contribution in [0.3, 0.4) is 0 Å². The quantitative estimate of drug-likeness (QED) is 0.314. The van der Waals surface area contributed by atoms with E-state index < -0.39 is 5.97 Å². The van der Waals surface area contributed by atoms with E-state index in [9.17, 15) is 9.59 Å². The maximum Gasteiger partial charge on any atom is 0.349 e. The van der Waals surface area contributed by atoms with Crippen molar-refractivity contribution in [3.05, 3.63) is 23.3 Å². The first-order valence-corrected chi connectivity index (χ1v) is 4.48. The first kappa shape index (κ1) is 10.9. The van der Waals surface area contributed by atoms with Crippen molar-refractivity contribution in [2.24, 2.45) is 5.16 Å². The van der Waals surface area contributed by atoms with Crippen LogP contribution < -0.4 is 0 Å². The fraction of sp³-hybridized carbons (Fsp3) is 0.125. The standard InChI is InChI=1S/C8H5Cl2NO3/c9-4-8(13)14-11-7-2-1-5(12)3-6(7)10/h1-3H,4H2/b11-7+. The van der Waals surface area contributed by atoms with Crippen LogP contribution in [0.4, 0.5) is 0 Å². The molecule has 1 aliphatic rings. The molecule has 0 spiro atoms. The Balaban J connectivity index is 2.70. The van der Waals surface area contributed by atoms with E-state index >= 15 is 0 Å². The first-order chi connectivity index (χ1) is 6.63. The molecule has 4 nitrogen and oxygen atoms in total. The molecule has 0 aliphatic heterocycles. The van der Waals surface area contributed by atoms with Gasteiger partial charge in [0, 0.05) is 6.08 Å². The second kappa shape index (κ2) is 4.93. The zero-order chi connectivity index (χ0) is 10.6. The molecule has 0 amide bonds. The summed E-state index contributed by atoms with van der Waals surface area (Å²) in [5.41, 5.74) is 0.213. The molecule has 0 atom stereocenters. The van der Waals surface area contributed by atoms with Crippen LogP contribution in [0.15, 0.2) is 28.4 Å². The summed E-state index contributed by atoms with van der Waals surface area (Å²) in [6.07, 6.45) is 3.79. The molecule has 0 heterocycles. The van der Waals surface area contributed by atoms with Gasteiger partial charge >= 0.3 is 5.97 Å². The minimum Gasteiger partial charge on any atom is -0.316 e. The Morgan fingerprint density at radius 1 is 1.50 bits per heavy atom. The Morgan fingerprint density at radius 2 is 2.21 bits per heavy atom. The topological polar surface area (TPSA) is 55.7 Å². The number of allylic oxidation sites excluding steroid dienone is 4. The van der Waals surface area contributed by atoms with Gasteiger partial charge in [0.15, 0.2) is 5.78 Å². The van der Waals surface area contributed by atoms with Crippen LogP contribution in [0.1, 0.15) is 0 Å². The Hall–Kier alpha value is -1.13. The third-order valence-electron chi connectivity index (χ3n) is 1.27. The van der Waals surface area contributed by atoms with Crippen molar-refractivity contribution in [3.63, 3.8) is 0 Å². The smallest absolute Gasteiger partial charge is 0.316 e. The number of hydrogen-bond donors (Lipinski definition) is 0. The molecule has 0 bridgehead atoms. The van der Waals surface area contributed by atoms with Crippen molar-refractivity contribution >= 4 is 40.7 Å². The van der Waals surface area contributed by atoms with E-state index in [2.05, 4.69) is 9.99 Å². The van der Waals surface area contributed by atoms with Gasteiger partial charge in [0.2, 0.25) is 0 Å². The van der Waals surface area contributed by atoms with E-state index in [4.69, 9.17) is 23.2 Å². The number of alkyl halides is 1. The summed E-state index contributed by atoms with van der Waals surface area (Å²) < 4.78 is 0. The number of halogens is 2. The average Bonchev–Trinajstić information content (AvgIpc) is 2.16. The number of hydrogen-bond acceptors (Lipinski definition) is 4. The molecule has 74 valence electrons. The highest BCUT2D eigenvalue weighted by Crippen LogP contribution is 2.11. The van der Waals surface area contributed by atoms with Gasteiger partial charge in [0.25, 0.3) is 0 Å². The van der Waals surface area contributed by atoms with Gasteiger partial charge in [-0.15, -0.1) is 11.6 Å². The van der Waals surface area contributed by atoms with E-state index in [1.807, 2.05) is 0 Å². The third-order valence-corrected chi connectivity index (χ3v) is 1.80. The van der Waals surface area contributed by atoms with Crippen molar-refractivity contribution in [1.82, 2.24) is 0 Å². The largest absolute Gasteiger partial charge is 0.349 e. The average molecular weight is 234 g/mol. The van der Waals surface area contributed by atoms with Gasteiger partial charge in [-0.2, -0.15) is 0 Å². The molecule has 0 saturated heterocycles. The van der Waals surface area contributed by atoms with Gasteiger partial charge in [-0.1, -0.05) is 16.8 Å². The molecule has 1 aliphatic carbocycles. The molecule has 0 N–H and O–H groups in total. The molecule has 0 aromatic heterocycles. The molecule has 0 aromatic carbocycles. The minimum absolute atomic E-state index is 0.125. The summed E-state index contributed by atoms with van der Waals surface area (Å²) in [6.45, 7) is 0. The van der Waals surface area contributed by atoms with E-state index in [1.165, 1.54) is 18.2 Å². The van der Waals surface area contributed by atoms with Gasteiger partial charge in [0.05, 0.1) is 5.03 Å². The lowest BCUT2D eigenvalue weighted by Gasteiger charge is -2.02. The van der Waals surface area contributed by atoms with E-state index in [1.54, 1.807) is 0 Å². The van der Waals surface area contributed by atoms with Crippen LogP contribution in [0.25, 0.3) is 0 Å². The number of rotatable bonds is 2. The van der Waals surface area contributed by atoms with Crippen molar-refractivity contribution < 1.29 is 14.4 Å². The number of nitrogens with zero attached hydrogens (tertiary/aromatic N) is 1. The monoisotopic (exact) mass is 233 g/mol. The molecular weight excluding hydrogens is 229 g/mol. The Bertz CT molecular complexity index is 358. The van der Waals surface area contributed by atoms with Crippen molar-refractivity contribution in [2.75, 3.05) is 5.88 Å². The van der Waals surface area contributed by atoms with Gasteiger partial charge in [0.1, 0.15) is 11.6 Å². The molecule has 1 rings (SSSR count). The van der Waals surface area contributed by atoms with E-state index in [-0.39, 0.29) is 22.4 Å². The zero-order valence-electron chi connectivity index (χ0n) is 6.87. The van der Waals surface area contributed by atoms with Crippen LogP contribution in [-0.4, -0.2) is 23.3 Å². The number of carbonyl (C=O) groups excluding carboxylic acids is 2. The number of ketones is 1. The summed E-state index contributed by atoms with van der Waals surface area (Å²) in [5.74, 6) is -1.22. The molecule has 14 heavy (non-hydrogen) atoms. The minimum atomic E-state index is -0.686. The normalized spacial score (nSPS) is 18.3. The fourth-order valence-electron chi connectivity index (χ4n) is 0.686. The van der Waals surface area contributed by atoms with Crippen molar-refractivity contribution in [1.29, 1.82) is 0 Å². The van der Waals surface area contributed by atoms with Crippen molar-refractivity contribution in [2.45, 2.75) is 0 Å². The first-order valence-electron chi connectivity index (χ1n) is 3.57. The lowest BCUT2D eigenvalue weighted by molar-refractivity contribution is -0.140. The van der Waals surface area contributed by atoms with Crippen LogP contribution in [0, 0.1) is 0 Å². The summed E-state index contributed by atoms with van der Waals surface area (Å²) in [5, 5.41) is 3.54. The summed E-state index contributed by atoms with van der Waals surface area (Å²) in [6, 6.07) is 0. The summed E-state index contributed by atoms with van der Waals surface area (Å²) >= 11 is 10.8. The molecule has 0 aromatic rings. The highest BCUT2D eigenvalue weighted by atomic mass is 35.5. The summed E-state index contributed by atoms with van der Waals surface area (Å²) in [7, 11) is 0. The van der Waals surface area contributed by atoms with E-state index in [0.717, 1.165) is 0 Å². The lowest BCUT2D eigenvalue weighted by atomic mass is 10.2. The predicted molar refractivity (Wildman–Crippen MR) is 52.3 cm³/mol. The molecule has 0 unspecified atom stereocenters. The zero-order valence-corrected chi connectivity index (χ0v) is 8.38. The highest BCUT2D eigenvalue weighted by Gasteiger charge is 2.10. The maximum absolute atomic E-state index is 10.8. The number of oxime groups is 1.